The zero-order valence-corrected chi connectivity index (χ0v) is 18.1. The van der Waals surface area contributed by atoms with Gasteiger partial charge < -0.3 is 25.1 Å². The maximum Gasteiger partial charge on any atom is 0.252 e. The van der Waals surface area contributed by atoms with E-state index >= 15 is 0 Å². The van der Waals surface area contributed by atoms with Crippen LogP contribution in [0.5, 0.6) is 5.75 Å². The number of nitrogens with zero attached hydrogens (tertiary/aromatic N) is 1. The maximum atomic E-state index is 12.5. The quantitative estimate of drug-likeness (QED) is 0.714. The molecule has 0 radical (unpaired) electrons. The van der Waals surface area contributed by atoms with Crippen LogP contribution < -0.4 is 10.5 Å². The molecule has 3 fully saturated rings. The Bertz CT molecular complexity index is 996. The van der Waals surface area contributed by atoms with Crippen LogP contribution >= 0.6 is 0 Å². The lowest BCUT2D eigenvalue weighted by Crippen LogP contribution is -2.79. The Hall–Kier alpha value is -1.93. The highest BCUT2D eigenvalue weighted by atomic mass is 16.8. The van der Waals surface area contributed by atoms with Gasteiger partial charge in [0, 0.05) is 24.6 Å². The number of hydrogen-bond donors (Lipinski definition) is 2. The van der Waals surface area contributed by atoms with E-state index < -0.39 is 28.8 Å². The number of primary amides is 1. The molecule has 4 atom stereocenters. The van der Waals surface area contributed by atoms with Crippen molar-refractivity contribution in [3.05, 3.63) is 40.5 Å². The topological polar surface area (TPSA) is 94.3 Å². The Kier molecular flexibility index (Phi) is 4.02. The van der Waals surface area contributed by atoms with Crippen LogP contribution in [0.4, 0.5) is 0 Å². The van der Waals surface area contributed by atoms with Crippen molar-refractivity contribution in [2.24, 2.45) is 5.73 Å². The van der Waals surface area contributed by atoms with Crippen LogP contribution in [0.1, 0.15) is 54.6 Å². The van der Waals surface area contributed by atoms with Gasteiger partial charge in [-0.15, -0.1) is 0 Å². The number of allylic oxidation sites excluding steroid dienone is 1. The van der Waals surface area contributed by atoms with Crippen LogP contribution in [0.25, 0.3) is 0 Å². The molecule has 1 saturated carbocycles. The summed E-state index contributed by atoms with van der Waals surface area (Å²) in [5.41, 5.74) is 7.81. The van der Waals surface area contributed by atoms with Crippen molar-refractivity contribution in [3.63, 3.8) is 0 Å². The number of benzene rings is 1. The Balaban J connectivity index is 1.57. The number of amides is 1. The van der Waals surface area contributed by atoms with E-state index in [-0.39, 0.29) is 6.04 Å². The molecule has 1 aromatic carbocycles. The Morgan fingerprint density at radius 3 is 2.74 bits per heavy atom. The number of aliphatic hydroxyl groups is 1. The molecule has 2 bridgehead atoms. The molecule has 4 unspecified atom stereocenters. The predicted molar refractivity (Wildman–Crippen MR) is 113 cm³/mol. The summed E-state index contributed by atoms with van der Waals surface area (Å²) in [5.74, 6) is -0.867. The number of piperidine rings is 1. The first-order valence-electron chi connectivity index (χ1n) is 11.3. The number of likely N-dealkylation sites (tertiary alicyclic amines) is 1. The summed E-state index contributed by atoms with van der Waals surface area (Å²) in [6, 6.07) is 3.74. The fourth-order valence-electron chi connectivity index (χ4n) is 7.08. The Labute approximate surface area is 182 Å². The number of hydrogen-bond acceptors (Lipinski definition) is 6. The van der Waals surface area contributed by atoms with E-state index in [1.807, 2.05) is 6.07 Å². The third-order valence-electron chi connectivity index (χ3n) is 8.37. The minimum absolute atomic E-state index is 0.0282. The van der Waals surface area contributed by atoms with Gasteiger partial charge in [0.15, 0.2) is 6.10 Å². The summed E-state index contributed by atoms with van der Waals surface area (Å²) in [4.78, 5) is 14.7. The lowest BCUT2D eigenvalue weighted by Gasteiger charge is -2.65. The van der Waals surface area contributed by atoms with E-state index in [2.05, 4.69) is 24.8 Å². The third-order valence-corrected chi connectivity index (χ3v) is 8.37. The summed E-state index contributed by atoms with van der Waals surface area (Å²) in [7, 11) is 0. The van der Waals surface area contributed by atoms with Crippen LogP contribution in [0.2, 0.25) is 0 Å². The molecular weight excluding hydrogens is 396 g/mol. The van der Waals surface area contributed by atoms with Crippen molar-refractivity contribution in [3.8, 4) is 5.75 Å². The van der Waals surface area contributed by atoms with Crippen LogP contribution in [0.3, 0.4) is 0 Å². The highest BCUT2D eigenvalue weighted by Crippen LogP contribution is 2.67. The van der Waals surface area contributed by atoms with Gasteiger partial charge in [0.05, 0.1) is 29.8 Å². The number of carbonyl (C=O) groups is 1. The predicted octanol–water partition coefficient (Wildman–Crippen LogP) is 1.65. The zero-order valence-electron chi connectivity index (χ0n) is 18.1. The van der Waals surface area contributed by atoms with Gasteiger partial charge >= 0.3 is 0 Å². The fraction of sp³-hybridized carbons (Fsp3) is 0.625. The van der Waals surface area contributed by atoms with Crippen LogP contribution in [-0.4, -0.2) is 65.8 Å². The molecule has 5 aliphatic rings. The third kappa shape index (κ3) is 2.30. The molecule has 7 nitrogen and oxygen atoms in total. The average molecular weight is 427 g/mol. The van der Waals surface area contributed by atoms with E-state index in [1.54, 1.807) is 6.07 Å². The van der Waals surface area contributed by atoms with Crippen molar-refractivity contribution < 1.29 is 24.1 Å². The molecule has 7 heteroatoms. The lowest BCUT2D eigenvalue weighted by molar-refractivity contribution is -0.296. The van der Waals surface area contributed by atoms with Gasteiger partial charge in [-0.3, -0.25) is 9.69 Å². The van der Waals surface area contributed by atoms with Crippen LogP contribution in [-0.2, 0) is 21.3 Å². The molecular formula is C24H30N2O5. The Morgan fingerprint density at radius 1 is 1.26 bits per heavy atom. The smallest absolute Gasteiger partial charge is 0.252 e. The minimum atomic E-state index is -0.986. The van der Waals surface area contributed by atoms with E-state index in [1.165, 1.54) is 5.57 Å². The number of fused-ring (bicyclic) bond motifs is 1. The van der Waals surface area contributed by atoms with E-state index in [4.69, 9.17) is 19.9 Å². The largest absolute Gasteiger partial charge is 0.483 e. The molecule has 2 spiro atoms. The summed E-state index contributed by atoms with van der Waals surface area (Å²) in [5, 5.41) is 12.5. The molecule has 3 heterocycles. The number of nitrogens with two attached hydrogens (primary N) is 1. The van der Waals surface area contributed by atoms with Gasteiger partial charge in [0.25, 0.3) is 5.91 Å². The second-order valence-electron chi connectivity index (χ2n) is 9.99. The molecule has 31 heavy (non-hydrogen) atoms. The SMILES string of the molecule is CC(C)=CCN1CCC23c4c5ccc(C(N)=O)c4OC2C2(CCC3(O)C1C5)OCCO2. The summed E-state index contributed by atoms with van der Waals surface area (Å²) in [6.45, 7) is 6.89. The molecule has 3 aliphatic heterocycles. The van der Waals surface area contributed by atoms with Crippen molar-refractivity contribution >= 4 is 5.91 Å². The number of carbonyl (C=O) groups excluding carboxylic acids is 1. The van der Waals surface area contributed by atoms with E-state index in [0.717, 1.165) is 37.1 Å². The van der Waals surface area contributed by atoms with Gasteiger partial charge in [-0.05, 0) is 51.3 Å². The first kappa shape index (κ1) is 19.7. The fourth-order valence-corrected chi connectivity index (χ4v) is 7.08. The van der Waals surface area contributed by atoms with E-state index in [9.17, 15) is 9.90 Å². The molecule has 0 aromatic heterocycles. The van der Waals surface area contributed by atoms with Crippen LogP contribution in [0, 0.1) is 0 Å². The monoisotopic (exact) mass is 426 g/mol. The number of ether oxygens (including phenoxy) is 3. The van der Waals surface area contributed by atoms with Gasteiger partial charge in [-0.25, -0.2) is 0 Å². The average Bonchev–Trinajstić information content (AvgIpc) is 3.33. The normalized spacial score (nSPS) is 36.7. The van der Waals surface area contributed by atoms with E-state index in [0.29, 0.717) is 37.4 Å². The second-order valence-corrected chi connectivity index (χ2v) is 9.99. The first-order chi connectivity index (χ1) is 14.8. The van der Waals surface area contributed by atoms with Crippen LogP contribution in [0.15, 0.2) is 23.8 Å². The standard InChI is InChI=1S/C24H30N2O5/c1-14(2)5-9-26-10-8-22-18-15-3-4-16(20(25)27)19(18)31-21(22)24(29-11-12-30-24)7-6-23(22,28)17(26)13-15/h3-5,17,21,28H,6-13H2,1-2H3,(H2,25,27). The second kappa shape index (κ2) is 6.32. The highest BCUT2D eigenvalue weighted by Gasteiger charge is 2.77. The molecule has 6 rings (SSSR count). The summed E-state index contributed by atoms with van der Waals surface area (Å²) in [6.07, 6.45) is 4.32. The van der Waals surface area contributed by atoms with Gasteiger partial charge in [0.2, 0.25) is 5.79 Å². The maximum absolute atomic E-state index is 12.5. The van der Waals surface area contributed by atoms with Crippen molar-refractivity contribution in [2.45, 2.75) is 68.5 Å². The molecule has 1 aromatic rings. The summed E-state index contributed by atoms with van der Waals surface area (Å²) >= 11 is 0. The molecule has 1 amide bonds. The minimum Gasteiger partial charge on any atom is -0.483 e. The highest BCUT2D eigenvalue weighted by molar-refractivity contribution is 5.97. The lowest BCUT2D eigenvalue weighted by atomic mass is 9.48. The Morgan fingerprint density at radius 2 is 2.03 bits per heavy atom. The van der Waals surface area contributed by atoms with Gasteiger partial charge in [-0.1, -0.05) is 17.7 Å². The van der Waals surface area contributed by atoms with Gasteiger partial charge in [0.1, 0.15) is 5.75 Å². The van der Waals surface area contributed by atoms with Crippen molar-refractivity contribution in [2.75, 3.05) is 26.3 Å². The van der Waals surface area contributed by atoms with Crippen molar-refractivity contribution in [1.29, 1.82) is 0 Å². The van der Waals surface area contributed by atoms with Gasteiger partial charge in [-0.2, -0.15) is 0 Å². The molecule has 2 saturated heterocycles. The molecule has 3 N–H and O–H groups in total. The van der Waals surface area contributed by atoms with Crippen molar-refractivity contribution in [1.82, 2.24) is 4.90 Å². The molecule has 2 aliphatic carbocycles. The first-order valence-corrected chi connectivity index (χ1v) is 11.3. The summed E-state index contributed by atoms with van der Waals surface area (Å²) < 4.78 is 18.9. The zero-order chi connectivity index (χ0) is 21.6. The molecule has 166 valence electrons. The number of rotatable bonds is 3.